The van der Waals surface area contributed by atoms with Crippen LogP contribution in [0.4, 0.5) is 0 Å². The molecule has 0 amide bonds. The fourth-order valence-corrected chi connectivity index (χ4v) is 6.50. The van der Waals surface area contributed by atoms with Crippen molar-refractivity contribution in [1.82, 2.24) is 0 Å². The first-order valence-corrected chi connectivity index (χ1v) is 22.0. The third kappa shape index (κ3) is 37.7. The summed E-state index contributed by atoms with van der Waals surface area (Å²) >= 11 is 0. The van der Waals surface area contributed by atoms with Crippen LogP contribution in [0.25, 0.3) is 0 Å². The van der Waals surface area contributed by atoms with E-state index in [0.29, 0.717) is 19.3 Å². The molecule has 0 heterocycles. The van der Waals surface area contributed by atoms with Crippen LogP contribution in [0.1, 0.15) is 245 Å². The van der Waals surface area contributed by atoms with Crippen LogP contribution < -0.4 is 0 Å². The van der Waals surface area contributed by atoms with Crippen LogP contribution in [0.2, 0.25) is 0 Å². The largest absolute Gasteiger partial charge is 0.462 e. The van der Waals surface area contributed by atoms with E-state index in [1.54, 1.807) is 0 Å². The highest BCUT2D eigenvalue weighted by molar-refractivity contribution is 5.71. The number of hydrogen-bond donors (Lipinski definition) is 0. The first-order chi connectivity index (χ1) is 24.5. The summed E-state index contributed by atoms with van der Waals surface area (Å²) in [7, 11) is 0. The zero-order chi connectivity index (χ0) is 36.6. The van der Waals surface area contributed by atoms with E-state index in [1.807, 2.05) is 0 Å². The van der Waals surface area contributed by atoms with Gasteiger partial charge in [0.25, 0.3) is 0 Å². The number of carbonyl (C=O) groups is 3. The number of rotatable bonds is 40. The molecule has 0 bridgehead atoms. The Morgan fingerprint density at radius 2 is 0.540 bits per heavy atom. The maximum absolute atomic E-state index is 12.6. The highest BCUT2D eigenvalue weighted by Gasteiger charge is 2.19. The minimum atomic E-state index is -0.756. The lowest BCUT2D eigenvalue weighted by molar-refractivity contribution is -0.167. The lowest BCUT2D eigenvalue weighted by Crippen LogP contribution is -2.30. The summed E-state index contributed by atoms with van der Waals surface area (Å²) in [5, 5.41) is 0. The van der Waals surface area contributed by atoms with Crippen molar-refractivity contribution in [3.8, 4) is 0 Å². The monoisotopic (exact) mass is 709 g/mol. The van der Waals surface area contributed by atoms with Gasteiger partial charge < -0.3 is 14.2 Å². The van der Waals surface area contributed by atoms with Gasteiger partial charge in [0.15, 0.2) is 6.10 Å². The molecule has 0 radical (unpaired) electrons. The predicted molar refractivity (Wildman–Crippen MR) is 210 cm³/mol. The van der Waals surface area contributed by atoms with Crippen LogP contribution in [0, 0.1) is 0 Å². The molecule has 1 atom stereocenters. The van der Waals surface area contributed by atoms with Crippen LogP contribution in [0.15, 0.2) is 0 Å². The zero-order valence-electron chi connectivity index (χ0n) is 33.7. The zero-order valence-corrected chi connectivity index (χ0v) is 33.7. The molecule has 0 aliphatic heterocycles. The number of ether oxygens (including phenoxy) is 3. The first-order valence-electron chi connectivity index (χ1n) is 22.0. The van der Waals surface area contributed by atoms with Crippen molar-refractivity contribution in [3.05, 3.63) is 0 Å². The quantitative estimate of drug-likeness (QED) is 0.0358. The van der Waals surface area contributed by atoms with Crippen LogP contribution in [-0.4, -0.2) is 37.2 Å². The second-order valence-electron chi connectivity index (χ2n) is 15.0. The average Bonchev–Trinajstić information content (AvgIpc) is 3.11. The Balaban J connectivity index is 4.26. The molecule has 0 aromatic carbocycles. The molecule has 0 N–H and O–H groups in total. The normalized spacial score (nSPS) is 11.8. The van der Waals surface area contributed by atoms with E-state index >= 15 is 0 Å². The number of esters is 3. The van der Waals surface area contributed by atoms with E-state index in [0.717, 1.165) is 57.8 Å². The fourth-order valence-electron chi connectivity index (χ4n) is 6.50. The predicted octanol–water partition coefficient (Wildman–Crippen LogP) is 13.7. The third-order valence-electron chi connectivity index (χ3n) is 9.86. The summed E-state index contributed by atoms with van der Waals surface area (Å²) in [5.74, 6) is -0.861. The molecular formula is C44H84O6. The van der Waals surface area contributed by atoms with Gasteiger partial charge in [0, 0.05) is 19.3 Å². The highest BCUT2D eigenvalue weighted by Crippen LogP contribution is 2.15. The van der Waals surface area contributed by atoms with Crippen LogP contribution in [0.3, 0.4) is 0 Å². The minimum Gasteiger partial charge on any atom is -0.462 e. The highest BCUT2D eigenvalue weighted by atomic mass is 16.6. The molecule has 6 nitrogen and oxygen atoms in total. The first kappa shape index (κ1) is 48.4. The van der Waals surface area contributed by atoms with E-state index in [1.165, 1.54) is 148 Å². The van der Waals surface area contributed by atoms with Gasteiger partial charge in [0.2, 0.25) is 0 Å². The molecule has 0 saturated heterocycles. The van der Waals surface area contributed by atoms with Crippen molar-refractivity contribution in [2.45, 2.75) is 252 Å². The Morgan fingerprint density at radius 3 is 0.800 bits per heavy atom. The Labute approximate surface area is 310 Å². The van der Waals surface area contributed by atoms with Crippen LogP contribution in [0.5, 0.6) is 0 Å². The number of carbonyl (C=O) groups excluding carboxylic acids is 3. The molecular weight excluding hydrogens is 624 g/mol. The standard InChI is InChI=1S/C44H84O6/c1-4-7-10-13-16-18-20-21-22-24-25-28-31-34-37-43(46)49-40-41(39-48-42(45)36-33-30-27-15-12-9-6-3)50-44(47)38-35-32-29-26-23-19-17-14-11-8-5-2/h41H,4-40H2,1-3H3. The summed E-state index contributed by atoms with van der Waals surface area (Å²) in [6.45, 7) is 6.60. The molecule has 0 aliphatic rings. The van der Waals surface area contributed by atoms with Crippen molar-refractivity contribution in [2.24, 2.45) is 0 Å². The fraction of sp³-hybridized carbons (Fsp3) is 0.932. The SMILES string of the molecule is CCCCCCCCCCCCCCCCC(=O)OCC(COC(=O)CCCCCCCCC)OC(=O)CCCCCCCCCCCCC. The van der Waals surface area contributed by atoms with Crippen LogP contribution >= 0.6 is 0 Å². The van der Waals surface area contributed by atoms with Gasteiger partial charge in [0.1, 0.15) is 13.2 Å². The Hall–Kier alpha value is -1.59. The maximum atomic E-state index is 12.6. The lowest BCUT2D eigenvalue weighted by Gasteiger charge is -2.18. The summed E-state index contributed by atoms with van der Waals surface area (Å²) in [4.78, 5) is 37.5. The smallest absolute Gasteiger partial charge is 0.306 e. The summed E-state index contributed by atoms with van der Waals surface area (Å²) in [5.41, 5.74) is 0. The van der Waals surface area contributed by atoms with Crippen molar-refractivity contribution in [3.63, 3.8) is 0 Å². The minimum absolute atomic E-state index is 0.0634. The molecule has 6 heteroatoms. The number of unbranched alkanes of at least 4 members (excludes halogenated alkanes) is 29. The van der Waals surface area contributed by atoms with Crippen molar-refractivity contribution in [1.29, 1.82) is 0 Å². The van der Waals surface area contributed by atoms with E-state index in [2.05, 4.69) is 20.8 Å². The van der Waals surface area contributed by atoms with Crippen molar-refractivity contribution < 1.29 is 28.6 Å². The molecule has 1 unspecified atom stereocenters. The topological polar surface area (TPSA) is 78.9 Å². The van der Waals surface area contributed by atoms with Gasteiger partial charge in [0.05, 0.1) is 0 Å². The van der Waals surface area contributed by atoms with Gasteiger partial charge in [-0.15, -0.1) is 0 Å². The van der Waals surface area contributed by atoms with E-state index in [9.17, 15) is 14.4 Å². The van der Waals surface area contributed by atoms with Gasteiger partial charge in [-0.25, -0.2) is 0 Å². The summed E-state index contributed by atoms with van der Waals surface area (Å²) in [6, 6.07) is 0. The number of hydrogen-bond acceptors (Lipinski definition) is 6. The van der Waals surface area contributed by atoms with Gasteiger partial charge in [-0.05, 0) is 19.3 Å². The van der Waals surface area contributed by atoms with Gasteiger partial charge >= 0.3 is 17.9 Å². The lowest BCUT2D eigenvalue weighted by atomic mass is 10.0. The molecule has 0 aromatic heterocycles. The molecule has 0 aliphatic carbocycles. The van der Waals surface area contributed by atoms with Gasteiger partial charge in [-0.3, -0.25) is 14.4 Å². The maximum Gasteiger partial charge on any atom is 0.306 e. The van der Waals surface area contributed by atoms with E-state index in [-0.39, 0.29) is 31.1 Å². The molecule has 0 spiro atoms. The molecule has 0 saturated carbocycles. The second-order valence-corrected chi connectivity index (χ2v) is 15.0. The molecule has 0 fully saturated rings. The average molecular weight is 709 g/mol. The molecule has 0 rings (SSSR count). The van der Waals surface area contributed by atoms with Gasteiger partial charge in [-0.1, -0.05) is 207 Å². The molecule has 296 valence electrons. The van der Waals surface area contributed by atoms with Crippen molar-refractivity contribution >= 4 is 17.9 Å². The second kappa shape index (κ2) is 40.2. The van der Waals surface area contributed by atoms with Gasteiger partial charge in [-0.2, -0.15) is 0 Å². The summed E-state index contributed by atoms with van der Waals surface area (Å²) in [6.07, 6.45) is 39.5. The third-order valence-corrected chi connectivity index (χ3v) is 9.86. The van der Waals surface area contributed by atoms with Crippen molar-refractivity contribution in [2.75, 3.05) is 13.2 Å². The Bertz CT molecular complexity index is 738. The Kier molecular flexibility index (Phi) is 38.9. The molecule has 0 aromatic rings. The van der Waals surface area contributed by atoms with E-state index < -0.39 is 6.10 Å². The van der Waals surface area contributed by atoms with E-state index in [4.69, 9.17) is 14.2 Å². The van der Waals surface area contributed by atoms with Crippen LogP contribution in [-0.2, 0) is 28.6 Å². The summed E-state index contributed by atoms with van der Waals surface area (Å²) < 4.78 is 16.6. The Morgan fingerprint density at radius 1 is 0.320 bits per heavy atom. The molecule has 50 heavy (non-hydrogen) atoms.